The molecule has 0 atom stereocenters. The third-order valence-electron chi connectivity index (χ3n) is 2.02. The summed E-state index contributed by atoms with van der Waals surface area (Å²) in [4.78, 5) is 21.9. The van der Waals surface area contributed by atoms with Crippen LogP contribution in [-0.2, 0) is 4.79 Å². The molecule has 0 unspecified atom stereocenters. The molecule has 4 nitrogen and oxygen atoms in total. The number of aliphatic carboxylic acids is 1. The van der Waals surface area contributed by atoms with Crippen LogP contribution in [0.2, 0.25) is 5.02 Å². The Hall–Kier alpha value is -1.55. The molecule has 0 aliphatic rings. The molecule has 0 heterocycles. The van der Waals surface area contributed by atoms with E-state index >= 15 is 0 Å². The van der Waals surface area contributed by atoms with E-state index < -0.39 is 5.97 Å². The summed E-state index contributed by atoms with van der Waals surface area (Å²) in [5.74, 6) is -1.20. The van der Waals surface area contributed by atoms with Crippen LogP contribution < -0.4 is 9.84 Å². The Bertz CT molecular complexity index is 414. The fourth-order valence-corrected chi connectivity index (χ4v) is 1.42. The van der Waals surface area contributed by atoms with Crippen molar-refractivity contribution >= 4 is 23.4 Å². The monoisotopic (exact) mass is 241 g/mol. The molecule has 16 heavy (non-hydrogen) atoms. The summed E-state index contributed by atoms with van der Waals surface area (Å²) in [6.45, 7) is 0. The fraction of sp³-hybridized carbons (Fsp3) is 0.273. The number of carbonyl (C=O) groups excluding carboxylic acids is 2. The third-order valence-corrected chi connectivity index (χ3v) is 2.25. The summed E-state index contributed by atoms with van der Waals surface area (Å²) in [6, 6.07) is 4.61. The molecule has 1 rings (SSSR count). The predicted molar refractivity (Wildman–Crippen MR) is 56.6 cm³/mol. The molecule has 1 aromatic rings. The van der Waals surface area contributed by atoms with Crippen molar-refractivity contribution in [2.75, 3.05) is 7.11 Å². The lowest BCUT2D eigenvalue weighted by molar-refractivity contribution is -0.305. The molecule has 0 aliphatic carbocycles. The van der Waals surface area contributed by atoms with Crippen LogP contribution in [0.15, 0.2) is 18.2 Å². The molecule has 0 fully saturated rings. The van der Waals surface area contributed by atoms with Crippen LogP contribution in [0, 0.1) is 0 Å². The molecular formula is C11H10ClO4-. The minimum atomic E-state index is -1.26. The number of ketones is 1. The van der Waals surface area contributed by atoms with Crippen LogP contribution in [0.1, 0.15) is 23.2 Å². The van der Waals surface area contributed by atoms with Crippen molar-refractivity contribution in [1.82, 2.24) is 0 Å². The highest BCUT2D eigenvalue weighted by molar-refractivity contribution is 6.31. The van der Waals surface area contributed by atoms with E-state index in [1.165, 1.54) is 13.2 Å². The summed E-state index contributed by atoms with van der Waals surface area (Å²) in [5, 5.41) is 10.6. The minimum absolute atomic E-state index is 0.126. The topological polar surface area (TPSA) is 66.4 Å². The van der Waals surface area contributed by atoms with Gasteiger partial charge in [0.2, 0.25) is 0 Å². The van der Waals surface area contributed by atoms with Crippen LogP contribution >= 0.6 is 11.6 Å². The average molecular weight is 242 g/mol. The van der Waals surface area contributed by atoms with Crippen LogP contribution in [0.4, 0.5) is 0 Å². The van der Waals surface area contributed by atoms with E-state index in [-0.39, 0.29) is 24.2 Å². The van der Waals surface area contributed by atoms with Crippen molar-refractivity contribution in [3.63, 3.8) is 0 Å². The van der Waals surface area contributed by atoms with Crippen molar-refractivity contribution in [1.29, 1.82) is 0 Å². The number of carboxylic acids is 1. The number of carbonyl (C=O) groups is 2. The van der Waals surface area contributed by atoms with E-state index in [4.69, 9.17) is 16.3 Å². The zero-order chi connectivity index (χ0) is 12.1. The zero-order valence-electron chi connectivity index (χ0n) is 8.66. The first-order valence-electron chi connectivity index (χ1n) is 4.61. The maximum atomic E-state index is 11.7. The molecule has 0 N–H and O–H groups in total. The molecule has 5 heteroatoms. The smallest absolute Gasteiger partial charge is 0.167 e. The van der Waals surface area contributed by atoms with Crippen molar-refractivity contribution < 1.29 is 19.4 Å². The van der Waals surface area contributed by atoms with Crippen molar-refractivity contribution in [2.24, 2.45) is 0 Å². The number of Topliss-reactive ketones (excluding diaryl/α,β-unsaturated/α-hetero) is 1. The van der Waals surface area contributed by atoms with Gasteiger partial charge in [-0.25, -0.2) is 0 Å². The molecular weight excluding hydrogens is 232 g/mol. The van der Waals surface area contributed by atoms with Gasteiger partial charge >= 0.3 is 0 Å². The lowest BCUT2D eigenvalue weighted by Crippen LogP contribution is -2.22. The number of ether oxygens (including phenoxy) is 1. The Labute approximate surface area is 97.8 Å². The Morgan fingerprint density at radius 3 is 2.62 bits per heavy atom. The van der Waals surface area contributed by atoms with Crippen molar-refractivity contribution in [3.05, 3.63) is 28.8 Å². The molecule has 0 amide bonds. The maximum Gasteiger partial charge on any atom is 0.167 e. The van der Waals surface area contributed by atoms with Gasteiger partial charge in [0.15, 0.2) is 5.78 Å². The Kier molecular flexibility index (Phi) is 4.31. The summed E-state index contributed by atoms with van der Waals surface area (Å²) in [7, 11) is 1.43. The first-order valence-corrected chi connectivity index (χ1v) is 4.99. The number of rotatable bonds is 5. The van der Waals surface area contributed by atoms with Gasteiger partial charge in [0, 0.05) is 17.4 Å². The fourth-order valence-electron chi connectivity index (χ4n) is 1.25. The number of methoxy groups -OCH3 is 1. The molecule has 0 radical (unpaired) electrons. The van der Waals surface area contributed by atoms with Gasteiger partial charge in [-0.05, 0) is 24.6 Å². The highest BCUT2D eigenvalue weighted by atomic mass is 35.5. The maximum absolute atomic E-state index is 11.7. The van der Waals surface area contributed by atoms with E-state index in [9.17, 15) is 14.7 Å². The second-order valence-corrected chi connectivity index (χ2v) is 3.58. The third kappa shape index (κ3) is 3.24. The minimum Gasteiger partial charge on any atom is -0.550 e. The van der Waals surface area contributed by atoms with Gasteiger partial charge in [0.05, 0.1) is 12.7 Å². The predicted octanol–water partition coefficient (Wildman–Crippen LogP) is 1.06. The molecule has 0 bridgehead atoms. The number of hydrogen-bond donors (Lipinski definition) is 0. The van der Waals surface area contributed by atoms with E-state index in [1.807, 2.05) is 0 Å². The van der Waals surface area contributed by atoms with Gasteiger partial charge in [-0.2, -0.15) is 0 Å². The second kappa shape index (κ2) is 5.51. The summed E-state index contributed by atoms with van der Waals surface area (Å²) in [6.07, 6.45) is -0.437. The van der Waals surface area contributed by atoms with E-state index in [1.54, 1.807) is 12.1 Å². The molecule has 86 valence electrons. The number of benzene rings is 1. The van der Waals surface area contributed by atoms with Crippen LogP contribution in [-0.4, -0.2) is 18.9 Å². The normalized spacial score (nSPS) is 9.88. The van der Waals surface area contributed by atoms with E-state index in [0.29, 0.717) is 10.8 Å². The summed E-state index contributed by atoms with van der Waals surface area (Å²) in [5.41, 5.74) is 0.288. The van der Waals surface area contributed by atoms with Gasteiger partial charge < -0.3 is 14.6 Å². The molecule has 0 spiro atoms. The highest BCUT2D eigenvalue weighted by Gasteiger charge is 2.12. The number of halogens is 1. The summed E-state index contributed by atoms with van der Waals surface area (Å²) >= 11 is 5.74. The first-order chi connectivity index (χ1) is 7.54. The molecule has 0 saturated carbocycles. The van der Waals surface area contributed by atoms with Gasteiger partial charge in [-0.15, -0.1) is 0 Å². The van der Waals surface area contributed by atoms with Crippen LogP contribution in [0.25, 0.3) is 0 Å². The average Bonchev–Trinajstić information content (AvgIpc) is 2.25. The van der Waals surface area contributed by atoms with Crippen LogP contribution in [0.5, 0.6) is 5.75 Å². The molecule has 1 aromatic carbocycles. The SMILES string of the molecule is COc1ccc(Cl)cc1C(=O)CCC(=O)[O-]. The number of carboxylic acid groups (broad SMARTS) is 1. The van der Waals surface area contributed by atoms with Gasteiger partial charge in [0.1, 0.15) is 5.75 Å². The second-order valence-electron chi connectivity index (χ2n) is 3.14. The quantitative estimate of drug-likeness (QED) is 0.723. The molecule has 0 aliphatic heterocycles. The van der Waals surface area contributed by atoms with E-state index in [2.05, 4.69) is 0 Å². The highest BCUT2D eigenvalue weighted by Crippen LogP contribution is 2.24. The lowest BCUT2D eigenvalue weighted by Gasteiger charge is -2.08. The van der Waals surface area contributed by atoms with Gasteiger partial charge in [-0.3, -0.25) is 4.79 Å². The molecule has 0 aromatic heterocycles. The standard InChI is InChI=1S/C11H11ClO4/c1-16-10-4-2-7(12)6-8(10)9(13)3-5-11(14)15/h2,4,6H,3,5H2,1H3,(H,14,15)/p-1. The van der Waals surface area contributed by atoms with Crippen LogP contribution in [0.3, 0.4) is 0 Å². The van der Waals surface area contributed by atoms with E-state index in [0.717, 1.165) is 0 Å². The largest absolute Gasteiger partial charge is 0.550 e. The summed E-state index contributed by atoms with van der Waals surface area (Å²) < 4.78 is 4.99. The van der Waals surface area contributed by atoms with Gasteiger partial charge in [0.25, 0.3) is 0 Å². The van der Waals surface area contributed by atoms with Crippen molar-refractivity contribution in [2.45, 2.75) is 12.8 Å². The Morgan fingerprint density at radius 2 is 2.06 bits per heavy atom. The van der Waals surface area contributed by atoms with Crippen molar-refractivity contribution in [3.8, 4) is 5.75 Å². The van der Waals surface area contributed by atoms with Gasteiger partial charge in [-0.1, -0.05) is 11.6 Å². The molecule has 0 saturated heterocycles. The zero-order valence-corrected chi connectivity index (χ0v) is 9.41. The number of hydrogen-bond acceptors (Lipinski definition) is 4. The Morgan fingerprint density at radius 1 is 1.38 bits per heavy atom. The first kappa shape index (κ1) is 12.5. The lowest BCUT2D eigenvalue weighted by atomic mass is 10.1. The Balaban J connectivity index is 2.88.